The number of hydrogen-bond donors (Lipinski definition) is 1. The fourth-order valence-corrected chi connectivity index (χ4v) is 4.12. The number of aliphatic carboxylic acids is 1. The fraction of sp³-hybridized carbons (Fsp3) is 0.500. The van der Waals surface area contributed by atoms with Crippen molar-refractivity contribution in [1.82, 2.24) is 0 Å². The summed E-state index contributed by atoms with van der Waals surface area (Å²) in [6.07, 6.45) is 0.930. The van der Waals surface area contributed by atoms with Crippen LogP contribution in [0.25, 0.3) is 0 Å². The Bertz CT molecular complexity index is 547. The van der Waals surface area contributed by atoms with E-state index >= 15 is 0 Å². The van der Waals surface area contributed by atoms with Gasteiger partial charge in [-0.15, -0.1) is 0 Å². The van der Waals surface area contributed by atoms with Crippen LogP contribution in [-0.4, -0.2) is 31.9 Å². The molecule has 0 bridgehead atoms. The van der Waals surface area contributed by atoms with Crippen LogP contribution in [0, 0.1) is 5.92 Å². The second-order valence-corrected chi connectivity index (χ2v) is 6.84. The highest BCUT2D eigenvalue weighted by Gasteiger charge is 2.35. The number of carboxylic acid groups (broad SMARTS) is 1. The van der Waals surface area contributed by atoms with Gasteiger partial charge in [0.25, 0.3) is 0 Å². The summed E-state index contributed by atoms with van der Waals surface area (Å²) in [4.78, 5) is 11.2. The molecule has 112 valence electrons. The zero-order valence-corrected chi connectivity index (χ0v) is 12.7. The van der Waals surface area contributed by atoms with E-state index in [4.69, 9.17) is 9.84 Å². The van der Waals surface area contributed by atoms with Gasteiger partial charge in [-0.3, -0.25) is 4.79 Å². The molecule has 0 fully saturated rings. The molecule has 1 rings (SSSR count). The fourth-order valence-electron chi connectivity index (χ4n) is 2.06. The Morgan fingerprint density at radius 1 is 1.30 bits per heavy atom. The van der Waals surface area contributed by atoms with Crippen LogP contribution in [0.15, 0.2) is 29.2 Å². The summed E-state index contributed by atoms with van der Waals surface area (Å²) in [5.74, 6) is -1.48. The normalized spacial score (nSPS) is 14.6. The maximum Gasteiger partial charge on any atom is 0.307 e. The summed E-state index contributed by atoms with van der Waals surface area (Å²) >= 11 is 0. The molecule has 0 amide bonds. The van der Waals surface area contributed by atoms with Gasteiger partial charge in [0.05, 0.1) is 23.2 Å². The molecule has 0 saturated carbocycles. The van der Waals surface area contributed by atoms with Crippen LogP contribution in [0.5, 0.6) is 5.75 Å². The number of rotatable bonds is 7. The van der Waals surface area contributed by atoms with Crippen LogP contribution >= 0.6 is 0 Å². The average Bonchev–Trinajstić information content (AvgIpc) is 2.43. The number of hydrogen-bond acceptors (Lipinski definition) is 4. The van der Waals surface area contributed by atoms with Crippen molar-refractivity contribution in [1.29, 1.82) is 0 Å². The van der Waals surface area contributed by atoms with Gasteiger partial charge in [-0.25, -0.2) is 8.42 Å². The van der Waals surface area contributed by atoms with Gasteiger partial charge in [0.1, 0.15) is 5.75 Å². The van der Waals surface area contributed by atoms with Gasteiger partial charge in [0.2, 0.25) is 0 Å². The average molecular weight is 300 g/mol. The molecule has 6 heteroatoms. The number of sulfone groups is 1. The summed E-state index contributed by atoms with van der Waals surface area (Å²) in [5.41, 5.74) is 0. The van der Waals surface area contributed by atoms with Crippen molar-refractivity contribution in [3.8, 4) is 5.75 Å². The smallest absolute Gasteiger partial charge is 0.307 e. The quantitative estimate of drug-likeness (QED) is 0.836. The summed E-state index contributed by atoms with van der Waals surface area (Å²) in [6, 6.07) is 6.01. The van der Waals surface area contributed by atoms with Crippen molar-refractivity contribution >= 4 is 15.8 Å². The van der Waals surface area contributed by atoms with Crippen molar-refractivity contribution in [3.05, 3.63) is 24.3 Å². The van der Waals surface area contributed by atoms with Crippen molar-refractivity contribution < 1.29 is 23.1 Å². The molecule has 0 aliphatic rings. The molecule has 0 saturated heterocycles. The zero-order chi connectivity index (χ0) is 15.3. The van der Waals surface area contributed by atoms with Gasteiger partial charge in [-0.1, -0.05) is 20.3 Å². The second-order valence-electron chi connectivity index (χ2n) is 4.67. The molecule has 20 heavy (non-hydrogen) atoms. The van der Waals surface area contributed by atoms with Gasteiger partial charge in [0.15, 0.2) is 9.84 Å². The van der Waals surface area contributed by atoms with E-state index < -0.39 is 27.0 Å². The Balaban J connectivity index is 3.18. The minimum Gasteiger partial charge on any atom is -0.497 e. The van der Waals surface area contributed by atoms with E-state index in [0.29, 0.717) is 18.6 Å². The van der Waals surface area contributed by atoms with Gasteiger partial charge in [-0.05, 0) is 30.7 Å². The Kier molecular flexibility index (Phi) is 5.56. The second kappa shape index (κ2) is 6.74. The number of carbonyl (C=O) groups is 1. The van der Waals surface area contributed by atoms with E-state index in [9.17, 15) is 13.2 Å². The lowest BCUT2D eigenvalue weighted by molar-refractivity contribution is -0.141. The standard InChI is InChI=1S/C14H20O5S/c1-4-5-13(10(2)14(15)16)20(17,18)12-8-6-11(19-3)7-9-12/h6-10,13H,4-5H2,1-3H3,(H,15,16). The SMILES string of the molecule is CCCC(C(C)C(=O)O)S(=O)(=O)c1ccc(OC)cc1. The van der Waals surface area contributed by atoms with E-state index in [-0.39, 0.29) is 4.90 Å². The first-order valence-corrected chi connectivity index (χ1v) is 8.00. The van der Waals surface area contributed by atoms with Crippen molar-refractivity contribution in [3.63, 3.8) is 0 Å². The Hall–Kier alpha value is -1.56. The highest BCUT2D eigenvalue weighted by Crippen LogP contribution is 2.27. The van der Waals surface area contributed by atoms with Crippen LogP contribution in [0.1, 0.15) is 26.7 Å². The van der Waals surface area contributed by atoms with E-state index in [1.807, 2.05) is 6.92 Å². The zero-order valence-electron chi connectivity index (χ0n) is 11.9. The molecule has 1 aromatic carbocycles. The maximum absolute atomic E-state index is 12.6. The Morgan fingerprint density at radius 3 is 2.25 bits per heavy atom. The lowest BCUT2D eigenvalue weighted by atomic mass is 10.0. The van der Waals surface area contributed by atoms with Crippen molar-refractivity contribution in [2.75, 3.05) is 7.11 Å². The lowest BCUT2D eigenvalue weighted by Crippen LogP contribution is -2.33. The molecule has 1 aromatic rings. The molecule has 0 radical (unpaired) electrons. The van der Waals surface area contributed by atoms with Crippen molar-refractivity contribution in [2.24, 2.45) is 5.92 Å². The third kappa shape index (κ3) is 3.50. The predicted molar refractivity (Wildman–Crippen MR) is 75.7 cm³/mol. The highest BCUT2D eigenvalue weighted by molar-refractivity contribution is 7.92. The Labute approximate surface area is 119 Å². The topological polar surface area (TPSA) is 80.7 Å². The molecular weight excluding hydrogens is 280 g/mol. The Morgan fingerprint density at radius 2 is 1.85 bits per heavy atom. The van der Waals surface area contributed by atoms with Crippen LogP contribution < -0.4 is 4.74 Å². The highest BCUT2D eigenvalue weighted by atomic mass is 32.2. The molecule has 0 heterocycles. The molecule has 0 aliphatic carbocycles. The molecule has 5 nitrogen and oxygen atoms in total. The minimum atomic E-state index is -3.67. The van der Waals surface area contributed by atoms with Crippen LogP contribution in [0.2, 0.25) is 0 Å². The summed E-state index contributed by atoms with van der Waals surface area (Å²) in [7, 11) is -2.17. The molecule has 2 unspecified atom stereocenters. The van der Waals surface area contributed by atoms with Crippen LogP contribution in [0.3, 0.4) is 0 Å². The van der Waals surface area contributed by atoms with Crippen molar-refractivity contribution in [2.45, 2.75) is 36.8 Å². The van der Waals surface area contributed by atoms with Gasteiger partial charge >= 0.3 is 5.97 Å². The van der Waals surface area contributed by atoms with E-state index in [0.717, 1.165) is 0 Å². The molecule has 0 spiro atoms. The first-order valence-electron chi connectivity index (χ1n) is 6.45. The van der Waals surface area contributed by atoms with Gasteiger partial charge < -0.3 is 9.84 Å². The molecule has 1 N–H and O–H groups in total. The minimum absolute atomic E-state index is 0.129. The molecule has 0 aromatic heterocycles. The first kappa shape index (κ1) is 16.5. The van der Waals surface area contributed by atoms with E-state index in [1.165, 1.54) is 26.2 Å². The largest absolute Gasteiger partial charge is 0.497 e. The first-order chi connectivity index (χ1) is 9.34. The lowest BCUT2D eigenvalue weighted by Gasteiger charge is -2.21. The number of carboxylic acids is 1. The van der Waals surface area contributed by atoms with Gasteiger partial charge in [0, 0.05) is 0 Å². The number of methoxy groups -OCH3 is 1. The predicted octanol–water partition coefficient (Wildman–Crippen LogP) is 2.36. The summed E-state index contributed by atoms with van der Waals surface area (Å²) in [5, 5.41) is 8.17. The molecule has 2 atom stereocenters. The van der Waals surface area contributed by atoms with Gasteiger partial charge in [-0.2, -0.15) is 0 Å². The third-order valence-corrected chi connectivity index (χ3v) is 5.68. The monoisotopic (exact) mass is 300 g/mol. The molecular formula is C14H20O5S. The van der Waals surface area contributed by atoms with E-state index in [2.05, 4.69) is 0 Å². The number of ether oxygens (including phenoxy) is 1. The van der Waals surface area contributed by atoms with E-state index in [1.54, 1.807) is 12.1 Å². The number of benzene rings is 1. The van der Waals surface area contributed by atoms with Crippen LogP contribution in [-0.2, 0) is 14.6 Å². The van der Waals surface area contributed by atoms with Crippen LogP contribution in [0.4, 0.5) is 0 Å². The molecule has 0 aliphatic heterocycles. The third-order valence-electron chi connectivity index (χ3n) is 3.31. The summed E-state index contributed by atoms with van der Waals surface area (Å²) < 4.78 is 30.1. The summed E-state index contributed by atoms with van der Waals surface area (Å²) in [6.45, 7) is 3.27. The maximum atomic E-state index is 12.6.